The second kappa shape index (κ2) is 9.36. The lowest BCUT2D eigenvalue weighted by Crippen LogP contribution is -2.31. The predicted molar refractivity (Wildman–Crippen MR) is 125 cm³/mol. The molecule has 4 nitrogen and oxygen atoms in total. The van der Waals surface area contributed by atoms with E-state index in [1.165, 1.54) is 0 Å². The molecule has 1 heterocycles. The zero-order chi connectivity index (χ0) is 22.0. The Morgan fingerprint density at radius 2 is 1.70 bits per heavy atom. The van der Waals surface area contributed by atoms with Crippen molar-refractivity contribution in [2.24, 2.45) is 11.8 Å². The Labute approximate surface area is 187 Å². The average Bonchev–Trinajstić information content (AvgIpc) is 2.96. The SMILES string of the molecule is Cc1cc(O)c(CN(CC(C)C)CC(C)C)c2c1C(=O)/C(=C\c1ccc(Br)cc1)O2. The largest absolute Gasteiger partial charge is 0.507 e. The maximum Gasteiger partial charge on any atom is 0.232 e. The van der Waals surface area contributed by atoms with Gasteiger partial charge in [0.1, 0.15) is 11.5 Å². The quantitative estimate of drug-likeness (QED) is 0.488. The standard InChI is InChI=1S/C25H30BrNO3/c1-15(2)12-27(13-16(3)4)14-20-21(28)10-17(5)23-24(29)22(30-25(20)23)11-18-6-8-19(26)9-7-18/h6-11,15-16,28H,12-14H2,1-5H3/b22-11+. The number of aryl methyl sites for hydroxylation is 1. The van der Waals surface area contributed by atoms with Gasteiger partial charge in [0.25, 0.3) is 0 Å². The summed E-state index contributed by atoms with van der Waals surface area (Å²) in [6.07, 6.45) is 1.76. The molecule has 0 bridgehead atoms. The topological polar surface area (TPSA) is 49.8 Å². The Morgan fingerprint density at radius 3 is 2.27 bits per heavy atom. The number of Topliss-reactive ketones (excluding diaryl/α,β-unsaturated/α-hetero) is 1. The van der Waals surface area contributed by atoms with Crippen LogP contribution < -0.4 is 4.74 Å². The molecule has 2 aromatic carbocycles. The van der Waals surface area contributed by atoms with Gasteiger partial charge in [0.2, 0.25) is 5.78 Å². The lowest BCUT2D eigenvalue weighted by Gasteiger charge is -2.27. The number of rotatable bonds is 7. The van der Waals surface area contributed by atoms with Gasteiger partial charge in [-0.1, -0.05) is 55.8 Å². The molecular weight excluding hydrogens is 442 g/mol. The Balaban J connectivity index is 1.98. The van der Waals surface area contributed by atoms with Crippen LogP contribution >= 0.6 is 15.9 Å². The van der Waals surface area contributed by atoms with Crippen molar-refractivity contribution in [2.75, 3.05) is 13.1 Å². The third kappa shape index (κ3) is 5.13. The summed E-state index contributed by atoms with van der Waals surface area (Å²) < 4.78 is 7.05. The molecule has 0 spiro atoms. The number of ketones is 1. The van der Waals surface area contributed by atoms with Crippen LogP contribution in [0.25, 0.3) is 6.08 Å². The Hall–Kier alpha value is -2.11. The number of nitrogens with zero attached hydrogens (tertiary/aromatic N) is 1. The highest BCUT2D eigenvalue weighted by molar-refractivity contribution is 9.10. The van der Waals surface area contributed by atoms with E-state index in [9.17, 15) is 9.90 Å². The van der Waals surface area contributed by atoms with Crippen molar-refractivity contribution in [3.8, 4) is 11.5 Å². The van der Waals surface area contributed by atoms with E-state index in [1.807, 2.05) is 31.2 Å². The lowest BCUT2D eigenvalue weighted by atomic mass is 9.98. The summed E-state index contributed by atoms with van der Waals surface area (Å²) in [6.45, 7) is 13.0. The molecular formula is C25H30BrNO3. The number of aromatic hydroxyl groups is 1. The maximum atomic E-state index is 13.1. The first kappa shape index (κ1) is 22.6. The summed E-state index contributed by atoms with van der Waals surface area (Å²) >= 11 is 3.43. The predicted octanol–water partition coefficient (Wildman–Crippen LogP) is 6.19. The zero-order valence-electron chi connectivity index (χ0n) is 18.3. The molecule has 1 aliphatic rings. The van der Waals surface area contributed by atoms with Gasteiger partial charge in [-0.25, -0.2) is 0 Å². The van der Waals surface area contributed by atoms with Crippen LogP contribution in [0.4, 0.5) is 0 Å². The molecule has 0 radical (unpaired) electrons. The number of allylic oxidation sites excluding steroid dienone is 1. The van der Waals surface area contributed by atoms with E-state index in [2.05, 4.69) is 48.5 Å². The minimum atomic E-state index is -0.133. The van der Waals surface area contributed by atoms with Gasteiger partial charge in [-0.15, -0.1) is 0 Å². The van der Waals surface area contributed by atoms with Crippen molar-refractivity contribution in [1.82, 2.24) is 4.90 Å². The number of ether oxygens (including phenoxy) is 1. The lowest BCUT2D eigenvalue weighted by molar-refractivity contribution is 0.101. The summed E-state index contributed by atoms with van der Waals surface area (Å²) in [7, 11) is 0. The number of phenols is 1. The molecule has 0 atom stereocenters. The monoisotopic (exact) mass is 471 g/mol. The minimum Gasteiger partial charge on any atom is -0.507 e. The molecule has 0 unspecified atom stereocenters. The first-order chi connectivity index (χ1) is 14.2. The van der Waals surface area contributed by atoms with Gasteiger partial charge in [-0.05, 0) is 54.2 Å². The first-order valence-corrected chi connectivity index (χ1v) is 11.2. The molecule has 5 heteroatoms. The second-order valence-corrected chi connectivity index (χ2v) is 9.78. The van der Waals surface area contributed by atoms with Crippen molar-refractivity contribution < 1.29 is 14.6 Å². The normalized spacial score (nSPS) is 14.8. The van der Waals surface area contributed by atoms with E-state index >= 15 is 0 Å². The van der Waals surface area contributed by atoms with Gasteiger partial charge >= 0.3 is 0 Å². The van der Waals surface area contributed by atoms with Crippen LogP contribution in [0.15, 0.2) is 40.6 Å². The van der Waals surface area contributed by atoms with Crippen molar-refractivity contribution in [2.45, 2.75) is 41.2 Å². The number of fused-ring (bicyclic) bond motifs is 1. The molecule has 160 valence electrons. The van der Waals surface area contributed by atoms with E-state index in [-0.39, 0.29) is 11.5 Å². The Bertz CT molecular complexity index is 951. The van der Waals surface area contributed by atoms with Crippen LogP contribution in [0.2, 0.25) is 0 Å². The number of phenolic OH excluding ortho intramolecular Hbond substituents is 1. The van der Waals surface area contributed by atoms with Gasteiger partial charge < -0.3 is 9.84 Å². The van der Waals surface area contributed by atoms with E-state index in [1.54, 1.807) is 12.1 Å². The third-order valence-electron chi connectivity index (χ3n) is 5.02. The van der Waals surface area contributed by atoms with Crippen LogP contribution in [0.3, 0.4) is 0 Å². The molecule has 0 saturated carbocycles. The summed E-state index contributed by atoms with van der Waals surface area (Å²) in [5.74, 6) is 1.84. The molecule has 1 aliphatic heterocycles. The molecule has 0 aromatic heterocycles. The molecule has 0 saturated heterocycles. The van der Waals surface area contributed by atoms with Gasteiger partial charge in [-0.2, -0.15) is 0 Å². The molecule has 1 N–H and O–H groups in total. The Kier molecular flexibility index (Phi) is 7.04. The summed E-state index contributed by atoms with van der Waals surface area (Å²) in [5, 5.41) is 10.7. The van der Waals surface area contributed by atoms with Crippen LogP contribution in [0, 0.1) is 18.8 Å². The van der Waals surface area contributed by atoms with Crippen LogP contribution in [0.1, 0.15) is 54.7 Å². The summed E-state index contributed by atoms with van der Waals surface area (Å²) in [5.41, 5.74) is 2.86. The van der Waals surface area contributed by atoms with Gasteiger partial charge in [0.05, 0.1) is 11.1 Å². The van der Waals surface area contributed by atoms with Gasteiger partial charge in [0.15, 0.2) is 5.76 Å². The van der Waals surface area contributed by atoms with E-state index in [4.69, 9.17) is 4.74 Å². The van der Waals surface area contributed by atoms with Crippen LogP contribution in [-0.4, -0.2) is 28.9 Å². The van der Waals surface area contributed by atoms with E-state index in [0.29, 0.717) is 41.0 Å². The van der Waals surface area contributed by atoms with Crippen molar-refractivity contribution in [3.05, 3.63) is 62.8 Å². The fourth-order valence-corrected chi connectivity index (χ4v) is 4.17. The van der Waals surface area contributed by atoms with Crippen LogP contribution in [0.5, 0.6) is 11.5 Å². The maximum absolute atomic E-state index is 13.1. The highest BCUT2D eigenvalue weighted by atomic mass is 79.9. The van der Waals surface area contributed by atoms with Crippen molar-refractivity contribution in [3.63, 3.8) is 0 Å². The molecule has 2 aromatic rings. The minimum absolute atomic E-state index is 0.133. The molecule has 0 fully saturated rings. The number of hydrogen-bond donors (Lipinski definition) is 1. The summed E-state index contributed by atoms with van der Waals surface area (Å²) in [6, 6.07) is 9.39. The fraction of sp³-hybridized carbons (Fsp3) is 0.400. The second-order valence-electron chi connectivity index (χ2n) is 8.87. The smallest absolute Gasteiger partial charge is 0.232 e. The number of halogens is 1. The van der Waals surface area contributed by atoms with Gasteiger partial charge in [0, 0.05) is 24.1 Å². The third-order valence-corrected chi connectivity index (χ3v) is 5.55. The number of benzene rings is 2. The Morgan fingerprint density at radius 1 is 1.10 bits per heavy atom. The first-order valence-electron chi connectivity index (χ1n) is 10.4. The average molecular weight is 472 g/mol. The number of carbonyl (C=O) groups is 1. The van der Waals surface area contributed by atoms with Crippen LogP contribution in [-0.2, 0) is 6.54 Å². The highest BCUT2D eigenvalue weighted by Crippen LogP contribution is 2.42. The molecule has 0 aliphatic carbocycles. The van der Waals surface area contributed by atoms with E-state index in [0.717, 1.165) is 28.7 Å². The highest BCUT2D eigenvalue weighted by Gasteiger charge is 2.33. The molecule has 30 heavy (non-hydrogen) atoms. The fourth-order valence-electron chi connectivity index (χ4n) is 3.90. The van der Waals surface area contributed by atoms with Crippen molar-refractivity contribution in [1.29, 1.82) is 0 Å². The van der Waals surface area contributed by atoms with Gasteiger partial charge in [-0.3, -0.25) is 9.69 Å². The number of hydrogen-bond acceptors (Lipinski definition) is 4. The number of carbonyl (C=O) groups excluding carboxylic acids is 1. The van der Waals surface area contributed by atoms with Crippen molar-refractivity contribution >= 4 is 27.8 Å². The molecule has 3 rings (SSSR count). The summed E-state index contributed by atoms with van der Waals surface area (Å²) in [4.78, 5) is 15.4. The van der Waals surface area contributed by atoms with E-state index < -0.39 is 0 Å². The molecule has 0 amide bonds. The zero-order valence-corrected chi connectivity index (χ0v) is 19.9.